The number of hydrogen-bond acceptors (Lipinski definition) is 6. The van der Waals surface area contributed by atoms with Gasteiger partial charge in [0.2, 0.25) is 0 Å². The molecular weight excluding hydrogens is 438 g/mol. The van der Waals surface area contributed by atoms with Crippen molar-refractivity contribution in [2.45, 2.75) is 13.5 Å². The number of methoxy groups -OCH3 is 1. The molecule has 0 atom stereocenters. The normalized spacial score (nSPS) is 12.1. The summed E-state index contributed by atoms with van der Waals surface area (Å²) in [5, 5.41) is 0.524. The summed E-state index contributed by atoms with van der Waals surface area (Å²) in [6, 6.07) is 13.9. The molecule has 6 nitrogen and oxygen atoms in total. The molecule has 0 saturated heterocycles. The highest BCUT2D eigenvalue weighted by Gasteiger charge is 2.10. The molecule has 160 valence electrons. The number of rotatable bonds is 6. The lowest BCUT2D eigenvalue weighted by Gasteiger charge is -2.04. The molecule has 0 spiro atoms. The van der Waals surface area contributed by atoms with Crippen LogP contribution >= 0.6 is 22.9 Å². The fourth-order valence-electron chi connectivity index (χ4n) is 2.86. The third-order valence-electron chi connectivity index (χ3n) is 4.37. The third kappa shape index (κ3) is 5.51. The second-order valence-corrected chi connectivity index (χ2v) is 7.92. The standard InChI is InChI=1S/C23H20ClNO5S/c1-3-30-21(26)13-20-25(14-15-8-10-16(11-9-15)23(28)29-2)22(27)19(31-20)12-17-6-4-5-7-18(17)24/h4-13H,3,14H2,1-2H3/b19-12-,20-13-. The third-order valence-corrected chi connectivity index (χ3v) is 5.78. The van der Waals surface area contributed by atoms with E-state index in [-0.39, 0.29) is 18.7 Å². The van der Waals surface area contributed by atoms with Gasteiger partial charge in [-0.25, -0.2) is 9.59 Å². The molecule has 0 saturated carbocycles. The van der Waals surface area contributed by atoms with Crippen molar-refractivity contribution < 1.29 is 19.1 Å². The van der Waals surface area contributed by atoms with E-state index in [0.29, 0.717) is 25.3 Å². The van der Waals surface area contributed by atoms with Crippen molar-refractivity contribution in [3.05, 3.63) is 89.8 Å². The first kappa shape index (κ1) is 22.5. The number of nitrogens with zero attached hydrogens (tertiary/aromatic N) is 1. The predicted molar refractivity (Wildman–Crippen MR) is 121 cm³/mol. The van der Waals surface area contributed by atoms with Crippen LogP contribution in [0.3, 0.4) is 0 Å². The number of carbonyl (C=O) groups is 2. The number of carbonyl (C=O) groups excluding carboxylic acids is 2. The van der Waals surface area contributed by atoms with Gasteiger partial charge in [0, 0.05) is 5.02 Å². The Balaban J connectivity index is 2.08. The van der Waals surface area contributed by atoms with E-state index in [1.165, 1.54) is 29.1 Å². The van der Waals surface area contributed by atoms with Crippen LogP contribution in [0.25, 0.3) is 12.2 Å². The molecule has 0 aliphatic heterocycles. The molecule has 0 fully saturated rings. The zero-order valence-corrected chi connectivity index (χ0v) is 18.5. The van der Waals surface area contributed by atoms with Crippen molar-refractivity contribution in [3.8, 4) is 0 Å². The second kappa shape index (κ2) is 10.2. The molecule has 0 radical (unpaired) electrons. The molecule has 2 aromatic carbocycles. The number of benzene rings is 2. The summed E-state index contributed by atoms with van der Waals surface area (Å²) >= 11 is 7.41. The molecule has 1 aromatic heterocycles. The minimum Gasteiger partial charge on any atom is -0.465 e. The number of halogens is 1. The van der Waals surface area contributed by atoms with Crippen molar-refractivity contribution in [2.24, 2.45) is 0 Å². The van der Waals surface area contributed by atoms with Crippen molar-refractivity contribution in [1.82, 2.24) is 4.57 Å². The molecule has 0 bridgehead atoms. The number of aromatic nitrogens is 1. The van der Waals surface area contributed by atoms with E-state index < -0.39 is 11.9 Å². The lowest BCUT2D eigenvalue weighted by molar-refractivity contribution is -0.135. The first-order chi connectivity index (χ1) is 14.9. The summed E-state index contributed by atoms with van der Waals surface area (Å²) in [7, 11) is 1.32. The van der Waals surface area contributed by atoms with Crippen LogP contribution in [0.1, 0.15) is 28.4 Å². The highest BCUT2D eigenvalue weighted by Crippen LogP contribution is 2.15. The maximum atomic E-state index is 13.1. The van der Waals surface area contributed by atoms with E-state index >= 15 is 0 Å². The summed E-state index contributed by atoms with van der Waals surface area (Å²) in [5.41, 5.74) is 1.66. The van der Waals surface area contributed by atoms with Gasteiger partial charge in [-0.2, -0.15) is 0 Å². The Labute approximate surface area is 187 Å². The quantitative estimate of drug-likeness (QED) is 0.532. The van der Waals surface area contributed by atoms with Crippen LogP contribution < -0.4 is 14.8 Å². The Morgan fingerprint density at radius 2 is 1.84 bits per heavy atom. The lowest BCUT2D eigenvalue weighted by atomic mass is 10.1. The summed E-state index contributed by atoms with van der Waals surface area (Å²) in [4.78, 5) is 36.8. The Bertz CT molecular complexity index is 1270. The number of esters is 2. The molecule has 31 heavy (non-hydrogen) atoms. The fraction of sp³-hybridized carbons (Fsp3) is 0.174. The van der Waals surface area contributed by atoms with Crippen LogP contribution in [0.15, 0.2) is 53.3 Å². The maximum absolute atomic E-state index is 13.1. The van der Waals surface area contributed by atoms with Gasteiger partial charge in [-0.1, -0.05) is 41.9 Å². The number of thiazole rings is 1. The van der Waals surface area contributed by atoms with E-state index in [4.69, 9.17) is 21.1 Å². The smallest absolute Gasteiger partial charge is 0.337 e. The lowest BCUT2D eigenvalue weighted by Crippen LogP contribution is -2.32. The van der Waals surface area contributed by atoms with Crippen molar-refractivity contribution in [3.63, 3.8) is 0 Å². The first-order valence-electron chi connectivity index (χ1n) is 9.44. The van der Waals surface area contributed by atoms with Crippen molar-refractivity contribution in [2.75, 3.05) is 13.7 Å². The SMILES string of the molecule is CCOC(=O)/C=c1\s/c(=C\c2ccccc2Cl)c(=O)n1Cc1ccc(C(=O)OC)cc1. The van der Waals surface area contributed by atoms with E-state index in [0.717, 1.165) is 5.56 Å². The van der Waals surface area contributed by atoms with E-state index in [1.807, 2.05) is 18.2 Å². The highest BCUT2D eigenvalue weighted by molar-refractivity contribution is 7.07. The van der Waals surface area contributed by atoms with Gasteiger partial charge in [0.15, 0.2) is 0 Å². The molecule has 0 amide bonds. The molecule has 3 aromatic rings. The summed E-state index contributed by atoms with van der Waals surface area (Å²) in [5.74, 6) is -0.963. The van der Waals surface area contributed by atoms with Crippen molar-refractivity contribution in [1.29, 1.82) is 0 Å². The summed E-state index contributed by atoms with van der Waals surface area (Å²) in [6.07, 6.45) is 3.01. The van der Waals surface area contributed by atoms with Gasteiger partial charge >= 0.3 is 11.9 Å². The largest absolute Gasteiger partial charge is 0.465 e. The van der Waals surface area contributed by atoms with Crippen LogP contribution in [-0.4, -0.2) is 30.2 Å². The van der Waals surface area contributed by atoms with Crippen LogP contribution in [0.4, 0.5) is 0 Å². The predicted octanol–water partition coefficient (Wildman–Crippen LogP) is 2.57. The van der Waals surface area contributed by atoms with Gasteiger partial charge in [0.25, 0.3) is 5.56 Å². The topological polar surface area (TPSA) is 74.6 Å². The van der Waals surface area contributed by atoms with Crippen molar-refractivity contribution >= 4 is 47.0 Å². The molecule has 0 aliphatic rings. The molecule has 0 N–H and O–H groups in total. The van der Waals surface area contributed by atoms with Gasteiger partial charge in [-0.15, -0.1) is 11.3 Å². The van der Waals surface area contributed by atoms with Gasteiger partial charge < -0.3 is 9.47 Å². The van der Waals surface area contributed by atoms with Gasteiger partial charge in [-0.05, 0) is 42.3 Å². The average molecular weight is 458 g/mol. The van der Waals surface area contributed by atoms with E-state index in [1.54, 1.807) is 43.3 Å². The van der Waals surface area contributed by atoms with Crippen LogP contribution in [-0.2, 0) is 20.8 Å². The van der Waals surface area contributed by atoms with Crippen LogP contribution in [0.5, 0.6) is 0 Å². The molecule has 8 heteroatoms. The number of hydrogen-bond donors (Lipinski definition) is 0. The Hall–Kier alpha value is -3.16. The van der Waals surface area contributed by atoms with E-state index in [2.05, 4.69) is 0 Å². The fourth-order valence-corrected chi connectivity index (χ4v) is 4.07. The number of ether oxygens (including phenoxy) is 2. The monoisotopic (exact) mass is 457 g/mol. The zero-order valence-electron chi connectivity index (χ0n) is 17.0. The van der Waals surface area contributed by atoms with Gasteiger partial charge in [-0.3, -0.25) is 9.36 Å². The zero-order chi connectivity index (χ0) is 22.4. The Kier molecular flexibility index (Phi) is 7.44. The summed E-state index contributed by atoms with van der Waals surface area (Å²) < 4.78 is 12.1. The Morgan fingerprint density at radius 1 is 1.13 bits per heavy atom. The minimum atomic E-state index is -0.525. The van der Waals surface area contributed by atoms with Gasteiger partial charge in [0.05, 0.1) is 36.4 Å². The Morgan fingerprint density at radius 3 is 2.48 bits per heavy atom. The molecule has 0 unspecified atom stereocenters. The second-order valence-electron chi connectivity index (χ2n) is 6.45. The first-order valence-corrected chi connectivity index (χ1v) is 10.6. The molecular formula is C23H20ClNO5S. The van der Waals surface area contributed by atoms with Gasteiger partial charge in [0.1, 0.15) is 4.66 Å². The molecule has 0 aliphatic carbocycles. The maximum Gasteiger partial charge on any atom is 0.337 e. The average Bonchev–Trinajstić information content (AvgIpc) is 3.04. The minimum absolute atomic E-state index is 0.221. The van der Waals surface area contributed by atoms with E-state index in [9.17, 15) is 14.4 Å². The molecule has 1 heterocycles. The molecule has 3 rings (SSSR count). The van der Waals surface area contributed by atoms with Crippen LogP contribution in [0.2, 0.25) is 5.02 Å². The highest BCUT2D eigenvalue weighted by atomic mass is 35.5. The van der Waals surface area contributed by atoms with Crippen LogP contribution in [0, 0.1) is 0 Å². The summed E-state index contributed by atoms with van der Waals surface area (Å²) in [6.45, 7) is 2.17.